The SMILES string of the molecule is BrC1=Cc2ccccc2NC1c1ccccc1. The van der Waals surface area contributed by atoms with Crippen molar-refractivity contribution in [2.75, 3.05) is 5.32 Å². The van der Waals surface area contributed by atoms with Gasteiger partial charge in [0.1, 0.15) is 0 Å². The van der Waals surface area contributed by atoms with Gasteiger partial charge in [0.05, 0.1) is 6.04 Å². The number of hydrogen-bond acceptors (Lipinski definition) is 1. The second-order valence-electron chi connectivity index (χ2n) is 4.10. The maximum Gasteiger partial charge on any atom is 0.0833 e. The summed E-state index contributed by atoms with van der Waals surface area (Å²) in [7, 11) is 0. The van der Waals surface area contributed by atoms with Crippen molar-refractivity contribution in [2.24, 2.45) is 0 Å². The Morgan fingerprint density at radius 1 is 0.882 bits per heavy atom. The molecule has 2 heteroatoms. The zero-order valence-corrected chi connectivity index (χ0v) is 10.8. The minimum absolute atomic E-state index is 0.214. The van der Waals surface area contributed by atoms with Crippen LogP contribution in [0.4, 0.5) is 5.69 Å². The van der Waals surface area contributed by atoms with Crippen LogP contribution in [0.2, 0.25) is 0 Å². The van der Waals surface area contributed by atoms with Gasteiger partial charge in [0.15, 0.2) is 0 Å². The normalized spacial score (nSPS) is 17.9. The Morgan fingerprint density at radius 3 is 2.41 bits per heavy atom. The van der Waals surface area contributed by atoms with Crippen molar-refractivity contribution in [2.45, 2.75) is 6.04 Å². The van der Waals surface area contributed by atoms with Crippen molar-refractivity contribution in [1.29, 1.82) is 0 Å². The smallest absolute Gasteiger partial charge is 0.0833 e. The minimum Gasteiger partial charge on any atom is -0.373 e. The molecule has 0 aliphatic carbocycles. The van der Waals surface area contributed by atoms with E-state index in [0.29, 0.717) is 0 Å². The Labute approximate surface area is 109 Å². The van der Waals surface area contributed by atoms with Crippen LogP contribution >= 0.6 is 15.9 Å². The number of halogens is 1. The molecule has 0 saturated carbocycles. The second-order valence-corrected chi connectivity index (χ2v) is 5.02. The fourth-order valence-electron chi connectivity index (χ4n) is 2.10. The summed E-state index contributed by atoms with van der Waals surface area (Å²) in [6.45, 7) is 0. The number of para-hydroxylation sites is 1. The largest absolute Gasteiger partial charge is 0.373 e. The van der Waals surface area contributed by atoms with Crippen LogP contribution in [-0.2, 0) is 0 Å². The van der Waals surface area contributed by atoms with Crippen molar-refractivity contribution in [3.05, 3.63) is 70.2 Å². The summed E-state index contributed by atoms with van der Waals surface area (Å²) >= 11 is 3.66. The highest BCUT2D eigenvalue weighted by Gasteiger charge is 2.19. The number of fused-ring (bicyclic) bond motifs is 1. The van der Waals surface area contributed by atoms with E-state index in [2.05, 4.69) is 75.9 Å². The third-order valence-electron chi connectivity index (χ3n) is 2.96. The van der Waals surface area contributed by atoms with Gasteiger partial charge in [0.2, 0.25) is 0 Å². The number of benzene rings is 2. The van der Waals surface area contributed by atoms with Gasteiger partial charge in [0.25, 0.3) is 0 Å². The average Bonchev–Trinajstić information content (AvgIpc) is 2.39. The zero-order valence-electron chi connectivity index (χ0n) is 9.23. The van der Waals surface area contributed by atoms with Crippen molar-refractivity contribution >= 4 is 27.7 Å². The van der Waals surface area contributed by atoms with E-state index < -0.39 is 0 Å². The van der Waals surface area contributed by atoms with E-state index in [1.807, 2.05) is 6.07 Å². The molecule has 0 bridgehead atoms. The zero-order chi connectivity index (χ0) is 11.7. The van der Waals surface area contributed by atoms with E-state index >= 15 is 0 Å². The van der Waals surface area contributed by atoms with Gasteiger partial charge >= 0.3 is 0 Å². The van der Waals surface area contributed by atoms with Crippen LogP contribution in [0.15, 0.2) is 59.1 Å². The van der Waals surface area contributed by atoms with Gasteiger partial charge in [-0.3, -0.25) is 0 Å². The van der Waals surface area contributed by atoms with Crippen LogP contribution in [-0.4, -0.2) is 0 Å². The number of hydrogen-bond donors (Lipinski definition) is 1. The lowest BCUT2D eigenvalue weighted by atomic mass is 10.00. The molecule has 84 valence electrons. The van der Waals surface area contributed by atoms with E-state index in [-0.39, 0.29) is 6.04 Å². The molecule has 17 heavy (non-hydrogen) atoms. The fraction of sp³-hybridized carbons (Fsp3) is 0.0667. The minimum atomic E-state index is 0.214. The summed E-state index contributed by atoms with van der Waals surface area (Å²) in [4.78, 5) is 0. The first-order valence-corrected chi connectivity index (χ1v) is 6.41. The van der Waals surface area contributed by atoms with E-state index in [9.17, 15) is 0 Å². The summed E-state index contributed by atoms with van der Waals surface area (Å²) in [6.07, 6.45) is 2.18. The lowest BCUT2D eigenvalue weighted by Crippen LogP contribution is -2.14. The van der Waals surface area contributed by atoms with Crippen molar-refractivity contribution < 1.29 is 0 Å². The molecule has 1 aliphatic heterocycles. The number of rotatable bonds is 1. The molecular formula is C15H12BrN. The molecule has 3 rings (SSSR count). The molecule has 2 aromatic rings. The van der Waals surface area contributed by atoms with Crippen LogP contribution in [0.5, 0.6) is 0 Å². The Kier molecular flexibility index (Phi) is 2.73. The Hall–Kier alpha value is -1.54. The molecule has 0 fully saturated rings. The molecule has 1 nitrogen and oxygen atoms in total. The molecule has 0 amide bonds. The number of nitrogens with one attached hydrogen (secondary N) is 1. The van der Waals surface area contributed by atoms with E-state index in [0.717, 1.165) is 0 Å². The first-order chi connectivity index (χ1) is 8.34. The summed E-state index contributed by atoms with van der Waals surface area (Å²) < 4.78 is 1.17. The Balaban J connectivity index is 2.02. The Bertz CT molecular complexity index is 560. The van der Waals surface area contributed by atoms with Crippen molar-refractivity contribution in [3.8, 4) is 0 Å². The quantitative estimate of drug-likeness (QED) is 0.808. The van der Waals surface area contributed by atoms with Crippen molar-refractivity contribution in [1.82, 2.24) is 0 Å². The van der Waals surface area contributed by atoms with Gasteiger partial charge in [0, 0.05) is 10.2 Å². The molecule has 1 heterocycles. The van der Waals surface area contributed by atoms with E-state index in [1.54, 1.807) is 0 Å². The lowest BCUT2D eigenvalue weighted by Gasteiger charge is -2.25. The van der Waals surface area contributed by atoms with Crippen LogP contribution in [0.3, 0.4) is 0 Å². The van der Waals surface area contributed by atoms with Gasteiger partial charge in [-0.15, -0.1) is 0 Å². The van der Waals surface area contributed by atoms with Gasteiger partial charge in [-0.05, 0) is 23.3 Å². The third kappa shape index (κ3) is 2.01. The van der Waals surface area contributed by atoms with Gasteiger partial charge < -0.3 is 5.32 Å². The van der Waals surface area contributed by atoms with Gasteiger partial charge in [-0.25, -0.2) is 0 Å². The molecule has 1 unspecified atom stereocenters. The third-order valence-corrected chi connectivity index (χ3v) is 3.65. The lowest BCUT2D eigenvalue weighted by molar-refractivity contribution is 0.967. The van der Waals surface area contributed by atoms with Crippen LogP contribution in [0, 0.1) is 0 Å². The van der Waals surface area contributed by atoms with Crippen LogP contribution in [0.25, 0.3) is 6.08 Å². The predicted molar refractivity (Wildman–Crippen MR) is 76.2 cm³/mol. The highest BCUT2D eigenvalue weighted by Crippen LogP contribution is 2.37. The van der Waals surface area contributed by atoms with Crippen molar-refractivity contribution in [3.63, 3.8) is 0 Å². The first kappa shape index (κ1) is 10.6. The summed E-state index contributed by atoms with van der Waals surface area (Å²) in [5, 5.41) is 3.55. The summed E-state index contributed by atoms with van der Waals surface area (Å²) in [5.74, 6) is 0. The standard InChI is InChI=1S/C15H12BrN/c16-13-10-12-8-4-5-9-14(12)17-15(13)11-6-2-1-3-7-11/h1-10,15,17H. The van der Waals surface area contributed by atoms with Gasteiger partial charge in [-0.1, -0.05) is 64.5 Å². The van der Waals surface area contributed by atoms with E-state index in [4.69, 9.17) is 0 Å². The van der Waals surface area contributed by atoms with Gasteiger partial charge in [-0.2, -0.15) is 0 Å². The van der Waals surface area contributed by atoms with Crippen LogP contribution < -0.4 is 5.32 Å². The molecule has 0 saturated heterocycles. The highest BCUT2D eigenvalue weighted by atomic mass is 79.9. The molecule has 0 radical (unpaired) electrons. The van der Waals surface area contributed by atoms with Crippen LogP contribution in [0.1, 0.15) is 17.2 Å². The topological polar surface area (TPSA) is 12.0 Å². The highest BCUT2D eigenvalue weighted by molar-refractivity contribution is 9.11. The first-order valence-electron chi connectivity index (χ1n) is 5.62. The predicted octanol–water partition coefficient (Wildman–Crippen LogP) is 4.59. The maximum atomic E-state index is 3.66. The molecular weight excluding hydrogens is 274 g/mol. The fourth-order valence-corrected chi connectivity index (χ4v) is 2.72. The second kappa shape index (κ2) is 4.38. The molecule has 2 aromatic carbocycles. The molecule has 1 N–H and O–H groups in total. The summed E-state index contributed by atoms with van der Waals surface area (Å²) in [6, 6.07) is 19.0. The summed E-state index contributed by atoms with van der Waals surface area (Å²) in [5.41, 5.74) is 3.68. The average molecular weight is 286 g/mol. The molecule has 0 spiro atoms. The monoisotopic (exact) mass is 285 g/mol. The Morgan fingerprint density at radius 2 is 1.59 bits per heavy atom. The maximum absolute atomic E-state index is 3.66. The van der Waals surface area contributed by atoms with E-state index in [1.165, 1.54) is 21.3 Å². The molecule has 1 atom stereocenters. The number of anilines is 1. The molecule has 0 aromatic heterocycles. The molecule has 1 aliphatic rings.